The molecule has 28 heavy (non-hydrogen) atoms. The summed E-state index contributed by atoms with van der Waals surface area (Å²) in [5, 5.41) is 16.0. The summed E-state index contributed by atoms with van der Waals surface area (Å²) < 4.78 is 0. The number of nitrogens with zero attached hydrogens (tertiary/aromatic N) is 2. The van der Waals surface area contributed by atoms with Crippen LogP contribution in [0.1, 0.15) is 64.5 Å². The largest absolute Gasteiger partial charge is 0.350 e. The molecular formula is C22H31N5O. The molecule has 0 unspecified atom stereocenters. The molecule has 150 valence electrons. The van der Waals surface area contributed by atoms with Crippen molar-refractivity contribution in [1.29, 1.82) is 0 Å². The van der Waals surface area contributed by atoms with Gasteiger partial charge < -0.3 is 10.6 Å². The average molecular weight is 382 g/mol. The minimum absolute atomic E-state index is 0.0925. The van der Waals surface area contributed by atoms with E-state index in [1.54, 1.807) is 0 Å². The maximum absolute atomic E-state index is 12.4. The number of fused-ring (bicyclic) bond motifs is 1. The second-order valence-corrected chi connectivity index (χ2v) is 7.16. The van der Waals surface area contributed by atoms with Crippen LogP contribution in [0.3, 0.4) is 0 Å². The third kappa shape index (κ3) is 4.61. The summed E-state index contributed by atoms with van der Waals surface area (Å²) in [6.07, 6.45) is 14.9. The fraction of sp³-hybridized carbons (Fsp3) is 0.500. The topological polar surface area (TPSA) is 82.2 Å². The number of nitrogens with one attached hydrogen (secondary N) is 3. The molecule has 0 saturated heterocycles. The van der Waals surface area contributed by atoms with Crippen LogP contribution in [0.15, 0.2) is 28.4 Å². The fourth-order valence-electron chi connectivity index (χ4n) is 3.80. The van der Waals surface area contributed by atoms with Crippen LogP contribution < -0.4 is 21.2 Å². The number of aliphatic imine (C=N–C) groups is 1. The van der Waals surface area contributed by atoms with Crippen molar-refractivity contribution < 1.29 is 4.79 Å². The lowest BCUT2D eigenvalue weighted by atomic mass is 10.0. The number of hydrogen-bond acceptors (Lipinski definition) is 4. The number of allylic oxidation sites excluding steroid dienone is 3. The molecule has 6 heteroatoms. The van der Waals surface area contributed by atoms with E-state index in [0.29, 0.717) is 6.04 Å². The summed E-state index contributed by atoms with van der Waals surface area (Å²) in [5.41, 5.74) is 2.87. The quantitative estimate of drug-likeness (QED) is 0.749. The van der Waals surface area contributed by atoms with Gasteiger partial charge in [-0.3, -0.25) is 9.89 Å². The number of carbonyl (C=O) groups is 1. The first-order valence-electron chi connectivity index (χ1n) is 10.5. The molecule has 1 amide bonds. The highest BCUT2D eigenvalue weighted by atomic mass is 16.1. The van der Waals surface area contributed by atoms with Gasteiger partial charge >= 0.3 is 0 Å². The Morgan fingerprint density at radius 2 is 1.96 bits per heavy atom. The molecular weight excluding hydrogens is 350 g/mol. The molecule has 2 aliphatic carbocycles. The van der Waals surface area contributed by atoms with Crippen LogP contribution in [0.2, 0.25) is 0 Å². The van der Waals surface area contributed by atoms with Gasteiger partial charge in [0, 0.05) is 29.9 Å². The molecule has 3 aliphatic rings. The standard InChI is InChI=1S/C20H25N5O.C2H6/c1-13-18-17(25-24-13)7-4-12-21-19(18)22-16-10-8-14(9-11-16)20(26)23-15-5-2-3-6-15;1-2/h7-8,10,12,15,22,25H,2-6,9,11H2,1H3,(H,23,26);1-2H3. The Balaban J connectivity index is 0.00000109. The number of carbonyl (C=O) groups excluding carboxylic acids is 1. The summed E-state index contributed by atoms with van der Waals surface area (Å²) in [5.74, 6) is 0.911. The summed E-state index contributed by atoms with van der Waals surface area (Å²) in [7, 11) is 0. The zero-order valence-electron chi connectivity index (χ0n) is 17.1. The lowest BCUT2D eigenvalue weighted by Crippen LogP contribution is -2.34. The van der Waals surface area contributed by atoms with Crippen LogP contribution >= 0.6 is 0 Å². The van der Waals surface area contributed by atoms with Gasteiger partial charge in [0.15, 0.2) is 0 Å². The summed E-state index contributed by atoms with van der Waals surface area (Å²) in [4.78, 5) is 17.0. The smallest absolute Gasteiger partial charge is 0.247 e. The number of aromatic amines is 1. The highest BCUT2D eigenvalue weighted by Crippen LogP contribution is 2.21. The molecule has 0 atom stereocenters. The number of amides is 1. The molecule has 0 aromatic carbocycles. The van der Waals surface area contributed by atoms with Crippen molar-refractivity contribution in [2.24, 2.45) is 4.99 Å². The van der Waals surface area contributed by atoms with Gasteiger partial charge in [0.1, 0.15) is 5.82 Å². The van der Waals surface area contributed by atoms with Crippen molar-refractivity contribution in [2.75, 3.05) is 0 Å². The fourth-order valence-corrected chi connectivity index (χ4v) is 3.80. The zero-order chi connectivity index (χ0) is 19.9. The highest BCUT2D eigenvalue weighted by molar-refractivity contribution is 5.94. The molecule has 4 rings (SSSR count). The van der Waals surface area contributed by atoms with Crippen LogP contribution in [0, 0.1) is 6.92 Å². The first kappa shape index (κ1) is 20.1. The molecule has 3 N–H and O–H groups in total. The van der Waals surface area contributed by atoms with Crippen molar-refractivity contribution in [2.45, 2.75) is 71.8 Å². The molecule has 1 fully saturated rings. The van der Waals surface area contributed by atoms with E-state index in [4.69, 9.17) is 0 Å². The molecule has 0 spiro atoms. The lowest BCUT2D eigenvalue weighted by Gasteiger charge is -2.18. The Morgan fingerprint density at radius 3 is 2.68 bits per heavy atom. The van der Waals surface area contributed by atoms with E-state index >= 15 is 0 Å². The number of rotatable bonds is 4. The third-order valence-electron chi connectivity index (χ3n) is 5.27. The Hall–Kier alpha value is -2.63. The van der Waals surface area contributed by atoms with Crippen LogP contribution in [-0.2, 0) is 4.79 Å². The molecule has 1 aliphatic heterocycles. The van der Waals surface area contributed by atoms with Crippen molar-refractivity contribution in [3.63, 3.8) is 0 Å². The van der Waals surface area contributed by atoms with Gasteiger partial charge in [0.25, 0.3) is 0 Å². The molecule has 1 aromatic rings. The van der Waals surface area contributed by atoms with Crippen molar-refractivity contribution in [3.05, 3.63) is 39.7 Å². The predicted octanol–water partition coefficient (Wildman–Crippen LogP) is 2.32. The van der Waals surface area contributed by atoms with E-state index in [9.17, 15) is 4.79 Å². The lowest BCUT2D eigenvalue weighted by molar-refractivity contribution is -0.118. The Morgan fingerprint density at radius 1 is 1.18 bits per heavy atom. The number of aromatic nitrogens is 2. The molecule has 6 nitrogen and oxygen atoms in total. The zero-order valence-corrected chi connectivity index (χ0v) is 17.1. The van der Waals surface area contributed by atoms with E-state index in [1.165, 1.54) is 12.8 Å². The normalized spacial score (nSPS) is 18.8. The molecule has 0 bridgehead atoms. The minimum atomic E-state index is 0.0925. The first-order chi connectivity index (χ1) is 13.7. The molecule has 2 heterocycles. The van der Waals surface area contributed by atoms with Gasteiger partial charge in [-0.15, -0.1) is 0 Å². The SMILES string of the molecule is CC.Cc1n[nH]c2c1=C(NC1=CC=C(C(=O)NC3CCCC3)CC1)N=CCC=2. The Kier molecular flexibility index (Phi) is 6.85. The highest BCUT2D eigenvalue weighted by Gasteiger charge is 2.20. The van der Waals surface area contributed by atoms with Gasteiger partial charge in [0.05, 0.1) is 16.3 Å². The maximum Gasteiger partial charge on any atom is 0.247 e. The first-order valence-corrected chi connectivity index (χ1v) is 10.5. The van der Waals surface area contributed by atoms with E-state index in [-0.39, 0.29) is 5.91 Å². The van der Waals surface area contributed by atoms with E-state index < -0.39 is 0 Å². The molecule has 1 aromatic heterocycles. The van der Waals surface area contributed by atoms with Gasteiger partial charge in [-0.2, -0.15) is 5.10 Å². The van der Waals surface area contributed by atoms with Crippen molar-refractivity contribution >= 4 is 24.0 Å². The van der Waals surface area contributed by atoms with Gasteiger partial charge in [-0.25, -0.2) is 4.99 Å². The molecule has 0 radical (unpaired) electrons. The Bertz CT molecular complexity index is 913. The van der Waals surface area contributed by atoms with Crippen LogP contribution in [0.4, 0.5) is 0 Å². The monoisotopic (exact) mass is 381 g/mol. The average Bonchev–Trinajstić information content (AvgIpc) is 3.31. The second-order valence-electron chi connectivity index (χ2n) is 7.16. The van der Waals surface area contributed by atoms with E-state index in [0.717, 1.165) is 65.5 Å². The summed E-state index contributed by atoms with van der Waals surface area (Å²) in [6, 6.07) is 0.363. The van der Waals surface area contributed by atoms with Gasteiger partial charge in [-0.1, -0.05) is 38.8 Å². The second kappa shape index (κ2) is 9.53. The van der Waals surface area contributed by atoms with Gasteiger partial charge in [-0.05, 0) is 38.7 Å². The summed E-state index contributed by atoms with van der Waals surface area (Å²) >= 11 is 0. The molecule has 1 saturated carbocycles. The van der Waals surface area contributed by atoms with Crippen LogP contribution in [-0.4, -0.2) is 28.4 Å². The number of H-pyrrole nitrogens is 1. The minimum Gasteiger partial charge on any atom is -0.350 e. The maximum atomic E-state index is 12.4. The van der Waals surface area contributed by atoms with Crippen molar-refractivity contribution in [3.8, 4) is 0 Å². The predicted molar refractivity (Wildman–Crippen MR) is 114 cm³/mol. The summed E-state index contributed by atoms with van der Waals surface area (Å²) in [6.45, 7) is 5.98. The van der Waals surface area contributed by atoms with Crippen LogP contribution in [0.5, 0.6) is 0 Å². The van der Waals surface area contributed by atoms with E-state index in [1.807, 2.05) is 39.1 Å². The van der Waals surface area contributed by atoms with Crippen molar-refractivity contribution in [1.82, 2.24) is 20.8 Å². The van der Waals surface area contributed by atoms with Crippen LogP contribution in [0.25, 0.3) is 11.9 Å². The third-order valence-corrected chi connectivity index (χ3v) is 5.27. The van der Waals surface area contributed by atoms with Gasteiger partial charge in [0.2, 0.25) is 5.91 Å². The number of hydrogen-bond donors (Lipinski definition) is 3. The number of aryl methyl sites for hydroxylation is 1. The van der Waals surface area contributed by atoms with E-state index in [2.05, 4.69) is 31.9 Å². The Labute approximate surface area is 166 Å².